The molecule has 0 radical (unpaired) electrons. The van der Waals surface area contributed by atoms with Crippen LogP contribution in [0.25, 0.3) is 0 Å². The third-order valence-electron chi connectivity index (χ3n) is 5.00. The minimum absolute atomic E-state index is 0.0000847. The van der Waals surface area contributed by atoms with Crippen molar-refractivity contribution in [2.75, 3.05) is 59.5 Å². The van der Waals surface area contributed by atoms with Crippen LogP contribution in [-0.2, 0) is 28.4 Å². The molecule has 1 rings (SSSR count). The number of unbranched alkanes of at least 4 members (excludes halogenated alkanes) is 3. The quantitative estimate of drug-likeness (QED) is 0.133. The van der Waals surface area contributed by atoms with Crippen molar-refractivity contribution in [3.8, 4) is 0 Å². The first-order chi connectivity index (χ1) is 17.5. The summed E-state index contributed by atoms with van der Waals surface area (Å²) in [6, 6.07) is 4.07. The predicted octanol–water partition coefficient (Wildman–Crippen LogP) is 4.61. The van der Waals surface area contributed by atoms with Crippen molar-refractivity contribution in [2.24, 2.45) is 0 Å². The van der Waals surface area contributed by atoms with Crippen LogP contribution in [-0.4, -0.2) is 77.4 Å². The van der Waals surface area contributed by atoms with Gasteiger partial charge in [0.25, 0.3) is 0 Å². The van der Waals surface area contributed by atoms with Crippen LogP contribution in [0.1, 0.15) is 90.4 Å². The van der Waals surface area contributed by atoms with E-state index in [1.807, 2.05) is 0 Å². The fraction of sp³-hybridized carbons (Fsp3) is 0.667. The minimum atomic E-state index is -0.752. The van der Waals surface area contributed by atoms with E-state index in [1.54, 1.807) is 0 Å². The van der Waals surface area contributed by atoms with Crippen molar-refractivity contribution in [2.45, 2.75) is 59.3 Å². The first-order valence-electron chi connectivity index (χ1n) is 12.9. The smallest absolute Gasteiger partial charge is 0.339 e. The molecule has 0 atom stereocenters. The maximum atomic E-state index is 12.8. The summed E-state index contributed by atoms with van der Waals surface area (Å²) in [5.74, 6) is -2.09. The average molecular weight is 511 g/mol. The van der Waals surface area contributed by atoms with Crippen molar-refractivity contribution in [1.29, 1.82) is 0 Å². The van der Waals surface area contributed by atoms with Gasteiger partial charge < -0.3 is 28.4 Å². The molecule has 9 heteroatoms. The summed E-state index contributed by atoms with van der Waals surface area (Å²) in [5, 5.41) is 0. The standard InChI is InChI=1S/C27H42O9/c1-4-7-12-31-15-18-34-25(28)22-10-11-23(26(29)35-19-16-32-13-8-5-2)24(21-22)27(30)36-20-17-33-14-9-6-3/h10-11,21H,4-9,12-20H2,1-3H3. The van der Waals surface area contributed by atoms with E-state index in [9.17, 15) is 14.4 Å². The molecule has 0 saturated heterocycles. The van der Waals surface area contributed by atoms with Gasteiger partial charge in [-0.3, -0.25) is 0 Å². The number of hydrogen-bond donors (Lipinski definition) is 0. The molecule has 36 heavy (non-hydrogen) atoms. The molecule has 0 heterocycles. The Labute approximate surface area is 214 Å². The molecule has 0 unspecified atom stereocenters. The number of carbonyl (C=O) groups excluding carboxylic acids is 3. The summed E-state index contributed by atoms with van der Waals surface area (Å²) in [6.07, 6.45) is 5.81. The van der Waals surface area contributed by atoms with Crippen LogP contribution in [0.5, 0.6) is 0 Å². The molecule has 9 nitrogen and oxygen atoms in total. The van der Waals surface area contributed by atoms with Gasteiger partial charge in [0.15, 0.2) is 0 Å². The topological polar surface area (TPSA) is 107 Å². The second kappa shape index (κ2) is 20.7. The van der Waals surface area contributed by atoms with Crippen LogP contribution in [0.3, 0.4) is 0 Å². The van der Waals surface area contributed by atoms with Crippen molar-refractivity contribution >= 4 is 17.9 Å². The van der Waals surface area contributed by atoms with Gasteiger partial charge in [0.2, 0.25) is 0 Å². The zero-order chi connectivity index (χ0) is 26.4. The lowest BCUT2D eigenvalue weighted by atomic mass is 10.0. The molecule has 0 aliphatic rings. The second-order valence-electron chi connectivity index (χ2n) is 8.07. The Bertz CT molecular complexity index is 764. The molecule has 1 aromatic carbocycles. The van der Waals surface area contributed by atoms with Crippen molar-refractivity contribution < 1.29 is 42.8 Å². The van der Waals surface area contributed by atoms with Crippen LogP contribution in [0, 0.1) is 0 Å². The normalized spacial score (nSPS) is 10.8. The SMILES string of the molecule is CCCCOCCOC(=O)c1ccc(C(=O)OCCOCCCC)c(C(=O)OCCOCCCC)c1. The molecule has 0 amide bonds. The Hall–Kier alpha value is -2.49. The van der Waals surface area contributed by atoms with Gasteiger partial charge >= 0.3 is 17.9 Å². The first-order valence-corrected chi connectivity index (χ1v) is 12.9. The first kappa shape index (κ1) is 31.5. The van der Waals surface area contributed by atoms with Gasteiger partial charge in [-0.2, -0.15) is 0 Å². The minimum Gasteiger partial charge on any atom is -0.460 e. The zero-order valence-electron chi connectivity index (χ0n) is 22.0. The Kier molecular flexibility index (Phi) is 18.1. The Morgan fingerprint density at radius 2 is 0.944 bits per heavy atom. The third-order valence-corrected chi connectivity index (χ3v) is 5.00. The molecule has 0 N–H and O–H groups in total. The molecular formula is C27H42O9. The average Bonchev–Trinajstić information content (AvgIpc) is 2.89. The number of rotatable bonds is 21. The summed E-state index contributed by atoms with van der Waals surface area (Å²) in [6.45, 7) is 8.87. The highest BCUT2D eigenvalue weighted by atomic mass is 16.6. The fourth-order valence-electron chi connectivity index (χ4n) is 2.88. The molecule has 204 valence electrons. The second-order valence-corrected chi connectivity index (χ2v) is 8.07. The highest BCUT2D eigenvalue weighted by molar-refractivity contribution is 6.05. The molecule has 0 spiro atoms. The molecule has 0 aromatic heterocycles. The maximum Gasteiger partial charge on any atom is 0.339 e. The van der Waals surface area contributed by atoms with Crippen molar-refractivity contribution in [1.82, 2.24) is 0 Å². The monoisotopic (exact) mass is 510 g/mol. The molecule has 1 aromatic rings. The van der Waals surface area contributed by atoms with E-state index >= 15 is 0 Å². The van der Waals surface area contributed by atoms with E-state index in [4.69, 9.17) is 28.4 Å². The van der Waals surface area contributed by atoms with E-state index in [0.717, 1.165) is 38.5 Å². The van der Waals surface area contributed by atoms with E-state index < -0.39 is 17.9 Å². The van der Waals surface area contributed by atoms with Crippen LogP contribution in [0.15, 0.2) is 18.2 Å². The lowest BCUT2D eigenvalue weighted by Gasteiger charge is -2.12. The largest absolute Gasteiger partial charge is 0.460 e. The summed E-state index contributed by atoms with van der Waals surface area (Å²) in [4.78, 5) is 37.9. The number of esters is 3. The van der Waals surface area contributed by atoms with Crippen LogP contribution in [0.2, 0.25) is 0 Å². The number of benzene rings is 1. The van der Waals surface area contributed by atoms with Gasteiger partial charge in [0.05, 0.1) is 36.5 Å². The molecule has 0 aliphatic heterocycles. The Morgan fingerprint density at radius 3 is 1.39 bits per heavy atom. The number of carbonyl (C=O) groups is 3. The highest BCUT2D eigenvalue weighted by Crippen LogP contribution is 2.16. The summed E-state index contributed by atoms with van der Waals surface area (Å²) in [7, 11) is 0. The van der Waals surface area contributed by atoms with Gasteiger partial charge in [0, 0.05) is 19.8 Å². The molecule has 0 fully saturated rings. The molecule has 0 saturated carbocycles. The zero-order valence-corrected chi connectivity index (χ0v) is 22.0. The van der Waals surface area contributed by atoms with E-state index in [2.05, 4.69) is 20.8 Å². The number of hydrogen-bond acceptors (Lipinski definition) is 9. The molecule has 0 aliphatic carbocycles. The Morgan fingerprint density at radius 1 is 0.528 bits per heavy atom. The van der Waals surface area contributed by atoms with Gasteiger partial charge in [-0.15, -0.1) is 0 Å². The highest BCUT2D eigenvalue weighted by Gasteiger charge is 2.22. The van der Waals surface area contributed by atoms with E-state index in [-0.39, 0.29) is 56.3 Å². The van der Waals surface area contributed by atoms with Crippen molar-refractivity contribution in [3.05, 3.63) is 34.9 Å². The Balaban J connectivity index is 2.78. The third kappa shape index (κ3) is 13.6. The van der Waals surface area contributed by atoms with Gasteiger partial charge in [-0.25, -0.2) is 14.4 Å². The summed E-state index contributed by atoms with van der Waals surface area (Å²) in [5.41, 5.74) is 0.0446. The van der Waals surface area contributed by atoms with Crippen molar-refractivity contribution in [3.63, 3.8) is 0 Å². The van der Waals surface area contributed by atoms with Crippen LogP contribution in [0.4, 0.5) is 0 Å². The van der Waals surface area contributed by atoms with E-state index in [0.29, 0.717) is 19.8 Å². The van der Waals surface area contributed by atoms with E-state index in [1.165, 1.54) is 18.2 Å². The fourth-order valence-corrected chi connectivity index (χ4v) is 2.88. The lowest BCUT2D eigenvalue weighted by Crippen LogP contribution is -2.19. The van der Waals surface area contributed by atoms with Gasteiger partial charge in [-0.05, 0) is 37.5 Å². The lowest BCUT2D eigenvalue weighted by molar-refractivity contribution is 0.0274. The molecule has 0 bridgehead atoms. The summed E-state index contributed by atoms with van der Waals surface area (Å²) >= 11 is 0. The van der Waals surface area contributed by atoms with Gasteiger partial charge in [-0.1, -0.05) is 40.0 Å². The maximum absolute atomic E-state index is 12.8. The van der Waals surface area contributed by atoms with Crippen LogP contribution < -0.4 is 0 Å². The number of ether oxygens (including phenoxy) is 6. The molecular weight excluding hydrogens is 468 g/mol. The van der Waals surface area contributed by atoms with Gasteiger partial charge in [0.1, 0.15) is 19.8 Å². The van der Waals surface area contributed by atoms with Crippen LogP contribution >= 0.6 is 0 Å². The predicted molar refractivity (Wildman–Crippen MR) is 134 cm³/mol. The summed E-state index contributed by atoms with van der Waals surface area (Å²) < 4.78 is 31.9.